The second-order valence-electron chi connectivity index (χ2n) is 5.27. The number of anilines is 2. The molecule has 1 saturated heterocycles. The number of alkyl halides is 3. The van der Waals surface area contributed by atoms with Gasteiger partial charge in [0.2, 0.25) is 0 Å². The molecule has 112 valence electrons. The molecule has 2 heterocycles. The van der Waals surface area contributed by atoms with Crippen LogP contribution in [0.3, 0.4) is 0 Å². The van der Waals surface area contributed by atoms with Crippen LogP contribution >= 0.6 is 0 Å². The van der Waals surface area contributed by atoms with Crippen LogP contribution in [0.15, 0.2) is 12.3 Å². The van der Waals surface area contributed by atoms with Crippen molar-refractivity contribution in [3.8, 4) is 0 Å². The highest BCUT2D eigenvalue weighted by molar-refractivity contribution is 5.67. The quantitative estimate of drug-likeness (QED) is 0.906. The highest BCUT2D eigenvalue weighted by atomic mass is 19.4. The highest BCUT2D eigenvalue weighted by Gasteiger charge is 2.34. The summed E-state index contributed by atoms with van der Waals surface area (Å²) in [7, 11) is 3.83. The minimum Gasteiger partial charge on any atom is -0.396 e. The van der Waals surface area contributed by atoms with Gasteiger partial charge in [-0.3, -0.25) is 0 Å². The van der Waals surface area contributed by atoms with Crippen LogP contribution in [0.5, 0.6) is 0 Å². The first-order chi connectivity index (χ1) is 9.29. The van der Waals surface area contributed by atoms with Crippen LogP contribution < -0.4 is 10.6 Å². The molecule has 7 heteroatoms. The predicted molar refractivity (Wildman–Crippen MR) is 72.6 cm³/mol. The lowest BCUT2D eigenvalue weighted by atomic mass is 10.0. The third-order valence-electron chi connectivity index (χ3n) is 3.82. The Balaban J connectivity index is 2.22. The van der Waals surface area contributed by atoms with Gasteiger partial charge in [-0.15, -0.1) is 0 Å². The second kappa shape index (κ2) is 5.47. The van der Waals surface area contributed by atoms with E-state index >= 15 is 0 Å². The molecule has 2 rings (SSSR count). The molecule has 1 aliphatic rings. The number of hydrogen-bond donors (Lipinski definition) is 1. The Bertz CT molecular complexity index is 467. The standard InChI is InChI=1S/C13H19F3N4/c1-19-5-3-9(4-6-19)20(2)11-7-12(13(14,15)16)18-8-10(11)17/h7-9H,3-6,17H2,1-2H3. The predicted octanol–water partition coefficient (Wildman–Crippen LogP) is 2.21. The normalized spacial score (nSPS) is 18.2. The third-order valence-corrected chi connectivity index (χ3v) is 3.82. The van der Waals surface area contributed by atoms with Crippen molar-refractivity contribution in [2.24, 2.45) is 0 Å². The van der Waals surface area contributed by atoms with Gasteiger partial charge in [-0.05, 0) is 39.0 Å². The summed E-state index contributed by atoms with van der Waals surface area (Å²) in [6.45, 7) is 1.87. The van der Waals surface area contributed by atoms with Crippen LogP contribution in [0.1, 0.15) is 18.5 Å². The number of aromatic nitrogens is 1. The van der Waals surface area contributed by atoms with E-state index in [-0.39, 0.29) is 11.7 Å². The van der Waals surface area contributed by atoms with Gasteiger partial charge in [0.05, 0.1) is 17.6 Å². The molecule has 0 aromatic carbocycles. The van der Waals surface area contributed by atoms with E-state index in [9.17, 15) is 13.2 Å². The molecule has 0 amide bonds. The fraction of sp³-hybridized carbons (Fsp3) is 0.615. The molecule has 20 heavy (non-hydrogen) atoms. The molecule has 4 nitrogen and oxygen atoms in total. The van der Waals surface area contributed by atoms with E-state index in [1.165, 1.54) is 0 Å². The Labute approximate surface area is 116 Å². The Morgan fingerprint density at radius 3 is 2.50 bits per heavy atom. The number of likely N-dealkylation sites (tertiary alicyclic amines) is 1. The van der Waals surface area contributed by atoms with Crippen molar-refractivity contribution >= 4 is 11.4 Å². The first kappa shape index (κ1) is 14.9. The summed E-state index contributed by atoms with van der Waals surface area (Å²) in [4.78, 5) is 7.42. The average Bonchev–Trinajstić information content (AvgIpc) is 2.38. The zero-order valence-corrected chi connectivity index (χ0v) is 11.6. The highest BCUT2D eigenvalue weighted by Crippen LogP contribution is 2.33. The average molecular weight is 288 g/mol. The molecule has 0 aliphatic carbocycles. The summed E-state index contributed by atoms with van der Waals surface area (Å²) < 4.78 is 38.2. The van der Waals surface area contributed by atoms with Crippen molar-refractivity contribution in [1.29, 1.82) is 0 Å². The number of nitrogens with two attached hydrogens (primary N) is 1. The van der Waals surface area contributed by atoms with Crippen LogP contribution in [0.4, 0.5) is 24.5 Å². The van der Waals surface area contributed by atoms with Gasteiger partial charge >= 0.3 is 6.18 Å². The van der Waals surface area contributed by atoms with Crippen LogP contribution in [0.25, 0.3) is 0 Å². The summed E-state index contributed by atoms with van der Waals surface area (Å²) in [5.41, 5.74) is 5.57. The summed E-state index contributed by atoms with van der Waals surface area (Å²) >= 11 is 0. The van der Waals surface area contributed by atoms with E-state index < -0.39 is 11.9 Å². The second-order valence-corrected chi connectivity index (χ2v) is 5.27. The largest absolute Gasteiger partial charge is 0.433 e. The number of nitrogens with zero attached hydrogens (tertiary/aromatic N) is 3. The zero-order valence-electron chi connectivity index (χ0n) is 11.6. The Morgan fingerprint density at radius 2 is 1.95 bits per heavy atom. The van der Waals surface area contributed by atoms with Crippen molar-refractivity contribution in [2.45, 2.75) is 25.1 Å². The van der Waals surface area contributed by atoms with Crippen LogP contribution in [0.2, 0.25) is 0 Å². The van der Waals surface area contributed by atoms with E-state index in [1.807, 2.05) is 11.9 Å². The molecule has 2 N–H and O–H groups in total. The SMILES string of the molecule is CN1CCC(N(C)c2cc(C(F)(F)F)ncc2N)CC1. The smallest absolute Gasteiger partial charge is 0.396 e. The number of halogens is 3. The maximum atomic E-state index is 12.7. The van der Waals surface area contributed by atoms with Gasteiger partial charge in [0.15, 0.2) is 0 Å². The van der Waals surface area contributed by atoms with Crippen molar-refractivity contribution in [3.05, 3.63) is 18.0 Å². The van der Waals surface area contributed by atoms with Gasteiger partial charge in [-0.2, -0.15) is 13.2 Å². The topological polar surface area (TPSA) is 45.4 Å². The summed E-state index contributed by atoms with van der Waals surface area (Å²) in [6, 6.07) is 1.24. The van der Waals surface area contributed by atoms with Gasteiger partial charge < -0.3 is 15.5 Å². The van der Waals surface area contributed by atoms with E-state index in [0.717, 1.165) is 38.2 Å². The first-order valence-electron chi connectivity index (χ1n) is 6.53. The Morgan fingerprint density at radius 1 is 1.35 bits per heavy atom. The molecule has 0 radical (unpaired) electrons. The molecule has 0 atom stereocenters. The third kappa shape index (κ3) is 3.15. The molecular weight excluding hydrogens is 269 g/mol. The maximum absolute atomic E-state index is 12.7. The molecule has 1 aliphatic heterocycles. The number of piperidine rings is 1. The maximum Gasteiger partial charge on any atom is 0.433 e. The lowest BCUT2D eigenvalue weighted by molar-refractivity contribution is -0.141. The fourth-order valence-electron chi connectivity index (χ4n) is 2.49. The van der Waals surface area contributed by atoms with Crippen LogP contribution in [-0.4, -0.2) is 43.1 Å². The number of hydrogen-bond acceptors (Lipinski definition) is 4. The van der Waals surface area contributed by atoms with Gasteiger partial charge in [-0.1, -0.05) is 0 Å². The minimum atomic E-state index is -4.45. The molecule has 0 spiro atoms. The summed E-state index contributed by atoms with van der Waals surface area (Å²) in [5.74, 6) is 0. The zero-order chi connectivity index (χ0) is 14.9. The van der Waals surface area contributed by atoms with Crippen LogP contribution in [-0.2, 0) is 6.18 Å². The van der Waals surface area contributed by atoms with Gasteiger partial charge in [0, 0.05) is 13.1 Å². The minimum absolute atomic E-state index is 0.206. The van der Waals surface area contributed by atoms with Gasteiger partial charge in [0.25, 0.3) is 0 Å². The van der Waals surface area contributed by atoms with Crippen molar-refractivity contribution in [2.75, 3.05) is 37.8 Å². The molecule has 1 aromatic heterocycles. The van der Waals surface area contributed by atoms with Gasteiger partial charge in [-0.25, -0.2) is 4.98 Å². The van der Waals surface area contributed by atoms with Gasteiger partial charge in [0.1, 0.15) is 5.69 Å². The van der Waals surface area contributed by atoms with Crippen molar-refractivity contribution in [1.82, 2.24) is 9.88 Å². The lowest BCUT2D eigenvalue weighted by Crippen LogP contribution is -2.42. The van der Waals surface area contributed by atoms with E-state index in [2.05, 4.69) is 9.88 Å². The summed E-state index contributed by atoms with van der Waals surface area (Å²) in [6.07, 6.45) is -1.54. The summed E-state index contributed by atoms with van der Waals surface area (Å²) in [5, 5.41) is 0. The van der Waals surface area contributed by atoms with Crippen molar-refractivity contribution < 1.29 is 13.2 Å². The first-order valence-corrected chi connectivity index (χ1v) is 6.53. The number of rotatable bonds is 2. The Kier molecular flexibility index (Phi) is 4.08. The molecule has 1 fully saturated rings. The lowest BCUT2D eigenvalue weighted by Gasteiger charge is -2.37. The molecule has 0 unspecified atom stereocenters. The molecule has 1 aromatic rings. The molecule has 0 bridgehead atoms. The monoisotopic (exact) mass is 288 g/mol. The fourth-order valence-corrected chi connectivity index (χ4v) is 2.49. The number of pyridine rings is 1. The molecule has 0 saturated carbocycles. The van der Waals surface area contributed by atoms with E-state index in [1.54, 1.807) is 7.05 Å². The van der Waals surface area contributed by atoms with E-state index in [4.69, 9.17) is 5.73 Å². The van der Waals surface area contributed by atoms with E-state index in [0.29, 0.717) is 5.69 Å². The van der Waals surface area contributed by atoms with Crippen molar-refractivity contribution in [3.63, 3.8) is 0 Å². The Hall–Kier alpha value is -1.50. The number of nitrogen functional groups attached to an aromatic ring is 1. The van der Waals surface area contributed by atoms with Crippen LogP contribution in [0, 0.1) is 0 Å². The molecular formula is C13H19F3N4.